The number of aliphatic carboxylic acids is 1. The Balaban J connectivity index is 3.82. The fourth-order valence-electron chi connectivity index (χ4n) is 0.123. The Labute approximate surface area is 45.3 Å². The third kappa shape index (κ3) is 2.16. The molecule has 2 nitrogen and oxygen atoms in total. The van der Waals surface area contributed by atoms with Crippen LogP contribution in [0.5, 0.6) is 0 Å². The molecule has 0 aromatic heterocycles. The molecule has 0 aromatic rings. The highest BCUT2D eigenvalue weighted by molar-refractivity contribution is 6.34. The average Bonchev–Trinajstić information content (AvgIpc) is 1.65. The molecule has 0 radical (unpaired) electrons. The molecule has 40 valence electrons. The zero-order valence-corrected chi connectivity index (χ0v) is 6.43. The standard InChI is InChI=1S/C4H8O2Si/c1-2-3(7)4(5)6/h2H,1,7H3,(H,5,6)/b3-2-. The molecule has 0 rings (SSSR count). The van der Waals surface area contributed by atoms with Gasteiger partial charge in [0.2, 0.25) is 0 Å². The average molecular weight is 116 g/mol. The molecule has 0 aliphatic heterocycles. The summed E-state index contributed by atoms with van der Waals surface area (Å²) in [5.74, 6) is -0.783. The molecule has 1 N–H and O–H groups in total. The molecule has 0 spiro atoms. The molecule has 0 aromatic carbocycles. The van der Waals surface area contributed by atoms with Crippen molar-refractivity contribution in [3.05, 3.63) is 11.3 Å². The minimum Gasteiger partial charge on any atom is -0.478 e. The van der Waals surface area contributed by atoms with Crippen molar-refractivity contribution in [1.29, 1.82) is 0 Å². The normalized spacial score (nSPS) is 11.9. The van der Waals surface area contributed by atoms with Gasteiger partial charge in [-0.05, 0) is 6.92 Å². The van der Waals surface area contributed by atoms with Gasteiger partial charge in [0.1, 0.15) is 0 Å². The number of carbonyl (C=O) groups is 1. The van der Waals surface area contributed by atoms with Gasteiger partial charge in [0.05, 0.1) is 0 Å². The molecule has 0 atom stereocenters. The molecule has 0 saturated carbocycles. The van der Waals surface area contributed by atoms with E-state index in [0.29, 0.717) is 15.4 Å². The lowest BCUT2D eigenvalue weighted by Crippen LogP contribution is -1.98. The predicted octanol–water partition coefficient (Wildman–Crippen LogP) is -0.660. The Bertz CT molecular complexity index is 106. The number of rotatable bonds is 1. The van der Waals surface area contributed by atoms with Gasteiger partial charge in [0.25, 0.3) is 0 Å². The van der Waals surface area contributed by atoms with Crippen molar-refractivity contribution in [2.24, 2.45) is 0 Å². The van der Waals surface area contributed by atoms with E-state index in [-0.39, 0.29) is 0 Å². The van der Waals surface area contributed by atoms with Crippen molar-refractivity contribution in [3.63, 3.8) is 0 Å². The third-order valence-corrected chi connectivity index (χ3v) is 1.78. The van der Waals surface area contributed by atoms with Gasteiger partial charge in [0.15, 0.2) is 0 Å². The zero-order chi connectivity index (χ0) is 5.86. The molecule has 0 saturated heterocycles. The van der Waals surface area contributed by atoms with Crippen LogP contribution in [-0.4, -0.2) is 21.3 Å². The Morgan fingerprint density at radius 1 is 1.86 bits per heavy atom. The van der Waals surface area contributed by atoms with E-state index >= 15 is 0 Å². The van der Waals surface area contributed by atoms with Crippen LogP contribution in [0.3, 0.4) is 0 Å². The molecule has 7 heavy (non-hydrogen) atoms. The van der Waals surface area contributed by atoms with Crippen LogP contribution in [0, 0.1) is 0 Å². The lowest BCUT2D eigenvalue weighted by molar-refractivity contribution is -0.131. The molecule has 0 aliphatic rings. The molecule has 0 unspecified atom stereocenters. The molecule has 0 amide bonds. The topological polar surface area (TPSA) is 37.3 Å². The van der Waals surface area contributed by atoms with Crippen LogP contribution in [0.2, 0.25) is 0 Å². The Hall–Kier alpha value is -0.573. The molecular formula is C4H8O2Si. The first kappa shape index (κ1) is 6.43. The summed E-state index contributed by atoms with van der Waals surface area (Å²) in [5, 5.41) is 8.68. The van der Waals surface area contributed by atoms with Gasteiger partial charge in [-0.2, -0.15) is 0 Å². The lowest BCUT2D eigenvalue weighted by atomic mass is 10.5. The first-order valence-corrected chi connectivity index (χ1v) is 3.04. The summed E-state index contributed by atoms with van der Waals surface area (Å²) in [7, 11) is 0.636. The first-order chi connectivity index (χ1) is 3.18. The number of allylic oxidation sites excluding steroid dienone is 1. The monoisotopic (exact) mass is 116 g/mol. The molecule has 3 heteroatoms. The Morgan fingerprint density at radius 2 is 2.29 bits per heavy atom. The second-order valence-corrected chi connectivity index (χ2v) is 2.35. The maximum atomic E-state index is 9.90. The van der Waals surface area contributed by atoms with E-state index in [1.807, 2.05) is 0 Å². The summed E-state index contributed by atoms with van der Waals surface area (Å²) in [6.07, 6.45) is 1.62. The van der Waals surface area contributed by atoms with E-state index in [1.54, 1.807) is 13.0 Å². The van der Waals surface area contributed by atoms with Crippen molar-refractivity contribution < 1.29 is 9.90 Å². The minimum atomic E-state index is -0.783. The summed E-state index contributed by atoms with van der Waals surface area (Å²) >= 11 is 0. The second kappa shape index (κ2) is 2.57. The van der Waals surface area contributed by atoms with Crippen LogP contribution in [-0.2, 0) is 4.79 Å². The number of hydrogen-bond donors (Lipinski definition) is 1. The molecular weight excluding hydrogens is 108 g/mol. The van der Waals surface area contributed by atoms with Crippen LogP contribution in [0.15, 0.2) is 11.3 Å². The van der Waals surface area contributed by atoms with Crippen molar-refractivity contribution in [3.8, 4) is 0 Å². The van der Waals surface area contributed by atoms with Crippen molar-refractivity contribution in [1.82, 2.24) is 0 Å². The largest absolute Gasteiger partial charge is 0.478 e. The number of hydrogen-bond acceptors (Lipinski definition) is 1. The fourth-order valence-corrected chi connectivity index (χ4v) is 0.123. The van der Waals surface area contributed by atoms with Crippen molar-refractivity contribution in [2.75, 3.05) is 0 Å². The molecule has 0 aliphatic carbocycles. The van der Waals surface area contributed by atoms with E-state index in [1.165, 1.54) is 0 Å². The van der Waals surface area contributed by atoms with Gasteiger partial charge in [-0.3, -0.25) is 0 Å². The lowest BCUT2D eigenvalue weighted by Gasteiger charge is -1.84. The van der Waals surface area contributed by atoms with Gasteiger partial charge in [-0.25, -0.2) is 4.79 Å². The van der Waals surface area contributed by atoms with Gasteiger partial charge in [-0.15, -0.1) is 0 Å². The zero-order valence-electron chi connectivity index (χ0n) is 4.43. The van der Waals surface area contributed by atoms with Gasteiger partial charge in [-0.1, -0.05) is 6.08 Å². The maximum Gasteiger partial charge on any atom is 0.326 e. The quantitative estimate of drug-likeness (QED) is 0.365. The Morgan fingerprint density at radius 3 is 2.29 bits per heavy atom. The maximum absolute atomic E-state index is 9.90. The Kier molecular flexibility index (Phi) is 2.36. The summed E-state index contributed by atoms with van der Waals surface area (Å²) in [6.45, 7) is 1.73. The van der Waals surface area contributed by atoms with E-state index in [4.69, 9.17) is 5.11 Å². The summed E-state index contributed by atoms with van der Waals surface area (Å²) in [5.41, 5.74) is 0. The summed E-state index contributed by atoms with van der Waals surface area (Å²) < 4.78 is 0. The summed E-state index contributed by atoms with van der Waals surface area (Å²) in [6, 6.07) is 0. The number of carboxylic acids is 1. The molecule has 0 fully saturated rings. The van der Waals surface area contributed by atoms with Crippen LogP contribution in [0.1, 0.15) is 6.92 Å². The molecule has 0 bridgehead atoms. The minimum absolute atomic E-state index is 0.528. The van der Waals surface area contributed by atoms with Crippen LogP contribution in [0.25, 0.3) is 0 Å². The molecule has 0 heterocycles. The smallest absolute Gasteiger partial charge is 0.326 e. The van der Waals surface area contributed by atoms with Crippen molar-refractivity contribution >= 4 is 16.2 Å². The van der Waals surface area contributed by atoms with Crippen LogP contribution in [0.4, 0.5) is 0 Å². The van der Waals surface area contributed by atoms with Crippen LogP contribution >= 0.6 is 0 Å². The van der Waals surface area contributed by atoms with Gasteiger partial charge >= 0.3 is 5.97 Å². The van der Waals surface area contributed by atoms with E-state index in [0.717, 1.165) is 0 Å². The highest BCUT2D eigenvalue weighted by Gasteiger charge is 1.93. The van der Waals surface area contributed by atoms with E-state index < -0.39 is 5.97 Å². The van der Waals surface area contributed by atoms with Crippen LogP contribution < -0.4 is 0 Å². The highest BCUT2D eigenvalue weighted by Crippen LogP contribution is 1.82. The van der Waals surface area contributed by atoms with Gasteiger partial charge < -0.3 is 5.11 Å². The summed E-state index contributed by atoms with van der Waals surface area (Å²) in [4.78, 5) is 9.90. The van der Waals surface area contributed by atoms with Crippen molar-refractivity contribution in [2.45, 2.75) is 6.92 Å². The number of carboxylic acid groups (broad SMARTS) is 1. The van der Waals surface area contributed by atoms with Gasteiger partial charge in [0, 0.05) is 15.4 Å². The van der Waals surface area contributed by atoms with E-state index in [2.05, 4.69) is 0 Å². The predicted molar refractivity (Wildman–Crippen MR) is 31.3 cm³/mol. The fraction of sp³-hybridized carbons (Fsp3) is 0.250. The van der Waals surface area contributed by atoms with E-state index in [9.17, 15) is 4.79 Å². The SMILES string of the molecule is C/C=C(\[SiH3])C(=O)O. The second-order valence-electron chi connectivity index (χ2n) is 1.28. The third-order valence-electron chi connectivity index (χ3n) is 0.770. The highest BCUT2D eigenvalue weighted by atomic mass is 28.1. The first-order valence-electron chi connectivity index (χ1n) is 2.04.